The standard InChI is InChI=1S/C22H24N4O2/c1-16-14-20(25-19-12-6-11-18(15-19)21(27)28-2)26-22(24-16)23-13-7-10-17-8-4-3-5-9-17/h3-6,8-9,11-12,14-15H,7,10,13H2,1-2H3,(H2,23,24,25,26). The Morgan fingerprint density at radius 1 is 1.04 bits per heavy atom. The Hall–Kier alpha value is -3.41. The second-order valence-electron chi connectivity index (χ2n) is 6.43. The molecule has 0 aliphatic heterocycles. The van der Waals surface area contributed by atoms with E-state index in [-0.39, 0.29) is 5.97 Å². The molecule has 0 radical (unpaired) electrons. The van der Waals surface area contributed by atoms with Crippen molar-refractivity contribution in [3.8, 4) is 0 Å². The van der Waals surface area contributed by atoms with Crippen LogP contribution in [-0.2, 0) is 11.2 Å². The van der Waals surface area contributed by atoms with Crippen molar-refractivity contribution >= 4 is 23.4 Å². The summed E-state index contributed by atoms with van der Waals surface area (Å²) < 4.78 is 4.76. The largest absolute Gasteiger partial charge is 0.465 e. The number of methoxy groups -OCH3 is 1. The topological polar surface area (TPSA) is 76.1 Å². The quantitative estimate of drug-likeness (QED) is 0.449. The molecular formula is C22H24N4O2. The van der Waals surface area contributed by atoms with Crippen LogP contribution >= 0.6 is 0 Å². The number of rotatable bonds is 8. The van der Waals surface area contributed by atoms with E-state index in [1.807, 2.05) is 25.1 Å². The molecule has 3 aromatic rings. The summed E-state index contributed by atoms with van der Waals surface area (Å²) >= 11 is 0. The summed E-state index contributed by atoms with van der Waals surface area (Å²) in [7, 11) is 1.37. The average molecular weight is 376 g/mol. The fourth-order valence-electron chi connectivity index (χ4n) is 2.84. The van der Waals surface area contributed by atoms with Crippen molar-refractivity contribution in [1.29, 1.82) is 0 Å². The van der Waals surface area contributed by atoms with E-state index in [4.69, 9.17) is 4.74 Å². The Kier molecular flexibility index (Phi) is 6.57. The summed E-state index contributed by atoms with van der Waals surface area (Å²) in [5.74, 6) is 0.878. The lowest BCUT2D eigenvalue weighted by molar-refractivity contribution is 0.0601. The van der Waals surface area contributed by atoms with Gasteiger partial charge in [-0.15, -0.1) is 0 Å². The number of hydrogen-bond donors (Lipinski definition) is 2. The Morgan fingerprint density at radius 3 is 2.64 bits per heavy atom. The van der Waals surface area contributed by atoms with E-state index in [1.54, 1.807) is 18.2 Å². The fourth-order valence-corrected chi connectivity index (χ4v) is 2.84. The van der Waals surface area contributed by atoms with Gasteiger partial charge >= 0.3 is 5.97 Å². The van der Waals surface area contributed by atoms with Crippen LogP contribution in [0.3, 0.4) is 0 Å². The van der Waals surface area contributed by atoms with Crippen LogP contribution in [0.15, 0.2) is 60.7 Å². The molecule has 2 aromatic carbocycles. The molecule has 0 saturated carbocycles. The number of carbonyl (C=O) groups is 1. The molecule has 0 unspecified atom stereocenters. The summed E-state index contributed by atoms with van der Waals surface area (Å²) in [5, 5.41) is 6.51. The first-order chi connectivity index (χ1) is 13.6. The summed E-state index contributed by atoms with van der Waals surface area (Å²) in [6.07, 6.45) is 2.00. The lowest BCUT2D eigenvalue weighted by Crippen LogP contribution is -2.08. The molecule has 0 saturated heterocycles. The van der Waals surface area contributed by atoms with Crippen LogP contribution in [0.2, 0.25) is 0 Å². The predicted molar refractivity (Wildman–Crippen MR) is 111 cm³/mol. The second-order valence-corrected chi connectivity index (χ2v) is 6.43. The van der Waals surface area contributed by atoms with Gasteiger partial charge in [0.25, 0.3) is 0 Å². The summed E-state index contributed by atoms with van der Waals surface area (Å²) in [6.45, 7) is 2.71. The van der Waals surface area contributed by atoms with Crippen molar-refractivity contribution in [2.24, 2.45) is 0 Å². The molecule has 3 rings (SSSR count). The molecule has 1 aromatic heterocycles. The van der Waals surface area contributed by atoms with Gasteiger partial charge in [0.2, 0.25) is 5.95 Å². The third-order valence-electron chi connectivity index (χ3n) is 4.18. The highest BCUT2D eigenvalue weighted by Gasteiger charge is 2.07. The molecule has 0 fully saturated rings. The van der Waals surface area contributed by atoms with E-state index in [0.29, 0.717) is 17.3 Å². The van der Waals surface area contributed by atoms with Crippen molar-refractivity contribution in [3.63, 3.8) is 0 Å². The molecular weight excluding hydrogens is 352 g/mol. The Labute approximate surface area is 165 Å². The van der Waals surface area contributed by atoms with Gasteiger partial charge in [0.15, 0.2) is 0 Å². The maximum absolute atomic E-state index is 11.7. The minimum Gasteiger partial charge on any atom is -0.465 e. The molecule has 0 spiro atoms. The summed E-state index contributed by atoms with van der Waals surface area (Å²) in [4.78, 5) is 20.7. The lowest BCUT2D eigenvalue weighted by atomic mass is 10.1. The summed E-state index contributed by atoms with van der Waals surface area (Å²) in [6, 6.07) is 19.4. The molecule has 0 aliphatic rings. The van der Waals surface area contributed by atoms with Crippen LogP contribution < -0.4 is 10.6 Å². The number of hydrogen-bond acceptors (Lipinski definition) is 6. The highest BCUT2D eigenvalue weighted by Crippen LogP contribution is 2.18. The summed E-state index contributed by atoms with van der Waals surface area (Å²) in [5.41, 5.74) is 3.42. The van der Waals surface area contributed by atoms with Crippen molar-refractivity contribution in [3.05, 3.63) is 77.5 Å². The fraction of sp³-hybridized carbons (Fsp3) is 0.227. The van der Waals surface area contributed by atoms with Gasteiger partial charge in [-0.1, -0.05) is 36.4 Å². The van der Waals surface area contributed by atoms with Gasteiger partial charge in [-0.3, -0.25) is 0 Å². The number of aryl methyl sites for hydroxylation is 2. The first-order valence-corrected chi connectivity index (χ1v) is 9.23. The van der Waals surface area contributed by atoms with Gasteiger partial charge in [-0.25, -0.2) is 9.78 Å². The molecule has 0 aliphatic carbocycles. The maximum atomic E-state index is 11.7. The molecule has 1 heterocycles. The normalized spacial score (nSPS) is 10.4. The molecule has 0 atom stereocenters. The van der Waals surface area contributed by atoms with Crippen LogP contribution in [0.25, 0.3) is 0 Å². The smallest absolute Gasteiger partial charge is 0.337 e. The molecule has 0 amide bonds. The van der Waals surface area contributed by atoms with Gasteiger partial charge in [-0.05, 0) is 43.5 Å². The minimum atomic E-state index is -0.372. The van der Waals surface area contributed by atoms with Gasteiger partial charge in [-0.2, -0.15) is 4.98 Å². The average Bonchev–Trinajstić information content (AvgIpc) is 2.71. The highest BCUT2D eigenvalue weighted by molar-refractivity contribution is 5.90. The molecule has 6 nitrogen and oxygen atoms in total. The number of nitrogens with zero attached hydrogens (tertiary/aromatic N) is 2. The van der Waals surface area contributed by atoms with E-state index in [0.717, 1.165) is 30.8 Å². The van der Waals surface area contributed by atoms with Gasteiger partial charge in [0.1, 0.15) is 5.82 Å². The minimum absolute atomic E-state index is 0.372. The van der Waals surface area contributed by atoms with Crippen molar-refractivity contribution < 1.29 is 9.53 Å². The maximum Gasteiger partial charge on any atom is 0.337 e. The number of benzene rings is 2. The second kappa shape index (κ2) is 9.50. The molecule has 2 N–H and O–H groups in total. The van der Waals surface area contributed by atoms with E-state index >= 15 is 0 Å². The Morgan fingerprint density at radius 2 is 1.86 bits per heavy atom. The van der Waals surface area contributed by atoms with Crippen LogP contribution in [0.4, 0.5) is 17.5 Å². The molecule has 6 heteroatoms. The lowest BCUT2D eigenvalue weighted by Gasteiger charge is -2.11. The van der Waals surface area contributed by atoms with Gasteiger partial charge in [0, 0.05) is 24.0 Å². The Bertz CT molecular complexity index is 929. The van der Waals surface area contributed by atoms with Crippen LogP contribution in [0, 0.1) is 6.92 Å². The van der Waals surface area contributed by atoms with E-state index in [1.165, 1.54) is 12.7 Å². The van der Waals surface area contributed by atoms with E-state index in [2.05, 4.69) is 44.9 Å². The number of esters is 1. The number of nitrogens with one attached hydrogen (secondary N) is 2. The number of ether oxygens (including phenoxy) is 1. The number of carbonyl (C=O) groups excluding carboxylic acids is 1. The number of anilines is 3. The van der Waals surface area contributed by atoms with Crippen LogP contribution in [-0.4, -0.2) is 29.6 Å². The molecule has 28 heavy (non-hydrogen) atoms. The SMILES string of the molecule is COC(=O)c1cccc(Nc2cc(C)nc(NCCCc3ccccc3)n2)c1. The zero-order valence-electron chi connectivity index (χ0n) is 16.1. The zero-order valence-corrected chi connectivity index (χ0v) is 16.1. The Balaban J connectivity index is 1.60. The van der Waals surface area contributed by atoms with Crippen LogP contribution in [0.5, 0.6) is 0 Å². The van der Waals surface area contributed by atoms with Crippen molar-refractivity contribution in [2.75, 3.05) is 24.3 Å². The van der Waals surface area contributed by atoms with E-state index < -0.39 is 0 Å². The number of aromatic nitrogens is 2. The first-order valence-electron chi connectivity index (χ1n) is 9.23. The monoisotopic (exact) mass is 376 g/mol. The van der Waals surface area contributed by atoms with E-state index in [9.17, 15) is 4.79 Å². The highest BCUT2D eigenvalue weighted by atomic mass is 16.5. The zero-order chi connectivity index (χ0) is 19.8. The molecule has 0 bridgehead atoms. The van der Waals surface area contributed by atoms with Crippen molar-refractivity contribution in [1.82, 2.24) is 9.97 Å². The van der Waals surface area contributed by atoms with Crippen molar-refractivity contribution in [2.45, 2.75) is 19.8 Å². The predicted octanol–water partition coefficient (Wildman–Crippen LogP) is 4.36. The third kappa shape index (κ3) is 5.54. The van der Waals surface area contributed by atoms with Crippen LogP contribution in [0.1, 0.15) is 28.0 Å². The van der Waals surface area contributed by atoms with Gasteiger partial charge in [0.05, 0.1) is 12.7 Å². The third-order valence-corrected chi connectivity index (χ3v) is 4.18. The first kappa shape index (κ1) is 19.4. The van der Waals surface area contributed by atoms with Gasteiger partial charge < -0.3 is 15.4 Å². The molecule has 144 valence electrons.